The highest BCUT2D eigenvalue weighted by molar-refractivity contribution is 6.06. The van der Waals surface area contributed by atoms with E-state index in [0.29, 0.717) is 17.9 Å². The van der Waals surface area contributed by atoms with Crippen LogP contribution >= 0.6 is 0 Å². The first-order valence-corrected chi connectivity index (χ1v) is 10.6. The molecule has 0 unspecified atom stereocenters. The second kappa shape index (κ2) is 6.05. The molecule has 0 spiro atoms. The lowest BCUT2D eigenvalue weighted by molar-refractivity contribution is -0.0119. The lowest BCUT2D eigenvalue weighted by atomic mass is 9.54. The number of amides is 1. The zero-order valence-electron chi connectivity index (χ0n) is 16.8. The number of aryl methyl sites for hydroxylation is 2. The Kier molecular flexibility index (Phi) is 3.85. The Morgan fingerprint density at radius 1 is 1.11 bits per heavy atom. The second-order valence-electron chi connectivity index (χ2n) is 9.56. The summed E-state index contributed by atoms with van der Waals surface area (Å²) >= 11 is 0. The van der Waals surface area contributed by atoms with Gasteiger partial charge in [-0.3, -0.25) is 4.79 Å². The van der Waals surface area contributed by atoms with Crippen LogP contribution in [0.3, 0.4) is 0 Å². The zero-order chi connectivity index (χ0) is 18.9. The maximum Gasteiger partial charge on any atom is 0.252 e. The van der Waals surface area contributed by atoms with E-state index in [0.717, 1.165) is 39.8 Å². The molecule has 0 aliphatic heterocycles. The van der Waals surface area contributed by atoms with Crippen molar-refractivity contribution >= 4 is 16.9 Å². The van der Waals surface area contributed by atoms with Crippen LogP contribution in [0, 0.1) is 37.5 Å². The number of nitrogens with zero attached hydrogens (tertiary/aromatic N) is 3. The summed E-state index contributed by atoms with van der Waals surface area (Å²) in [6, 6.07) is 2.51. The summed E-state index contributed by atoms with van der Waals surface area (Å²) in [5.74, 6) is 3.27. The topological polar surface area (TPSA) is 59.8 Å². The van der Waals surface area contributed by atoms with Gasteiger partial charge in [0.05, 0.1) is 16.6 Å². The minimum Gasteiger partial charge on any atom is -0.349 e. The van der Waals surface area contributed by atoms with Gasteiger partial charge in [0.1, 0.15) is 0 Å². The lowest BCUT2D eigenvalue weighted by Crippen LogP contribution is -2.55. The van der Waals surface area contributed by atoms with Gasteiger partial charge < -0.3 is 5.32 Å². The van der Waals surface area contributed by atoms with E-state index < -0.39 is 0 Å². The van der Waals surface area contributed by atoms with Crippen molar-refractivity contribution in [1.82, 2.24) is 20.1 Å². The monoisotopic (exact) mass is 366 g/mol. The number of carbonyl (C=O) groups excluding carboxylic acids is 1. The summed E-state index contributed by atoms with van der Waals surface area (Å²) in [5, 5.41) is 9.04. The van der Waals surface area contributed by atoms with E-state index >= 15 is 0 Å². The van der Waals surface area contributed by atoms with E-state index in [1.807, 2.05) is 24.6 Å². The second-order valence-corrected chi connectivity index (χ2v) is 9.56. The molecule has 4 bridgehead atoms. The number of hydrogen-bond acceptors (Lipinski definition) is 3. The molecule has 4 fully saturated rings. The molecular weight excluding hydrogens is 336 g/mol. The van der Waals surface area contributed by atoms with E-state index in [1.54, 1.807) is 0 Å². The number of carbonyl (C=O) groups is 1. The van der Waals surface area contributed by atoms with Gasteiger partial charge in [-0.05, 0) is 89.5 Å². The first-order chi connectivity index (χ1) is 12.9. The van der Waals surface area contributed by atoms with Crippen LogP contribution in [0.15, 0.2) is 6.07 Å². The van der Waals surface area contributed by atoms with Crippen molar-refractivity contribution in [3.8, 4) is 0 Å². The Bertz CT molecular complexity index is 885. The van der Waals surface area contributed by atoms with Crippen LogP contribution in [0.1, 0.15) is 73.7 Å². The molecule has 5 heteroatoms. The number of aromatic nitrogens is 3. The molecule has 2 heterocycles. The molecule has 0 saturated heterocycles. The summed E-state index contributed by atoms with van der Waals surface area (Å²) in [7, 11) is 0. The normalized spacial score (nSPS) is 31.8. The van der Waals surface area contributed by atoms with Crippen molar-refractivity contribution in [2.75, 3.05) is 0 Å². The van der Waals surface area contributed by atoms with Gasteiger partial charge in [-0.25, -0.2) is 9.67 Å². The SMILES string of the molecule is Cc1cc(C(=O)NC2C3CC4CC(C3)CC2C4)c2c(C)nn(C(C)C)c2n1. The fourth-order valence-corrected chi connectivity index (χ4v) is 6.37. The molecule has 0 radical (unpaired) electrons. The van der Waals surface area contributed by atoms with Gasteiger partial charge in [-0.15, -0.1) is 0 Å². The van der Waals surface area contributed by atoms with Gasteiger partial charge >= 0.3 is 0 Å². The highest BCUT2D eigenvalue weighted by Crippen LogP contribution is 2.53. The summed E-state index contributed by atoms with van der Waals surface area (Å²) in [5.41, 5.74) is 3.34. The molecule has 2 aromatic heterocycles. The fourth-order valence-electron chi connectivity index (χ4n) is 6.37. The highest BCUT2D eigenvalue weighted by atomic mass is 16.1. The molecule has 4 aliphatic rings. The van der Waals surface area contributed by atoms with Crippen molar-refractivity contribution in [3.63, 3.8) is 0 Å². The molecular formula is C22H30N4O. The van der Waals surface area contributed by atoms with E-state index in [2.05, 4.69) is 24.3 Å². The van der Waals surface area contributed by atoms with Gasteiger partial charge in [0, 0.05) is 17.8 Å². The van der Waals surface area contributed by atoms with Crippen molar-refractivity contribution in [3.05, 3.63) is 23.0 Å². The zero-order valence-corrected chi connectivity index (χ0v) is 16.8. The molecule has 2 aromatic rings. The van der Waals surface area contributed by atoms with Gasteiger partial charge in [0.25, 0.3) is 5.91 Å². The van der Waals surface area contributed by atoms with Crippen molar-refractivity contribution in [1.29, 1.82) is 0 Å². The first kappa shape index (κ1) is 17.2. The lowest BCUT2D eigenvalue weighted by Gasteiger charge is -2.54. The molecule has 4 aliphatic carbocycles. The maximum absolute atomic E-state index is 13.4. The van der Waals surface area contributed by atoms with Crippen molar-refractivity contribution in [2.45, 2.75) is 71.9 Å². The molecule has 144 valence electrons. The first-order valence-electron chi connectivity index (χ1n) is 10.6. The Hall–Kier alpha value is -1.91. The summed E-state index contributed by atoms with van der Waals surface area (Å²) in [4.78, 5) is 18.1. The largest absolute Gasteiger partial charge is 0.349 e. The van der Waals surface area contributed by atoms with Gasteiger partial charge in [-0.1, -0.05) is 0 Å². The molecule has 4 saturated carbocycles. The average molecular weight is 367 g/mol. The smallest absolute Gasteiger partial charge is 0.252 e. The van der Waals surface area contributed by atoms with E-state index in [9.17, 15) is 4.79 Å². The number of pyridine rings is 1. The quantitative estimate of drug-likeness (QED) is 0.886. The summed E-state index contributed by atoms with van der Waals surface area (Å²) in [6.07, 6.45) is 6.69. The number of hydrogen-bond donors (Lipinski definition) is 1. The predicted octanol–water partition coefficient (Wildman–Crippen LogP) is 4.18. The number of fused-ring (bicyclic) bond motifs is 1. The predicted molar refractivity (Wildman–Crippen MR) is 106 cm³/mol. The Balaban J connectivity index is 1.49. The van der Waals surface area contributed by atoms with Gasteiger partial charge in [0.2, 0.25) is 0 Å². The third-order valence-corrected chi connectivity index (χ3v) is 7.22. The fraction of sp³-hybridized carbons (Fsp3) is 0.682. The number of nitrogens with one attached hydrogen (secondary N) is 1. The molecule has 1 N–H and O–H groups in total. The van der Waals surface area contributed by atoms with Crippen LogP contribution < -0.4 is 5.32 Å². The summed E-state index contributed by atoms with van der Waals surface area (Å²) < 4.78 is 1.94. The molecule has 0 atom stereocenters. The van der Waals surface area contributed by atoms with Crippen LogP contribution in [0.2, 0.25) is 0 Å². The third kappa shape index (κ3) is 2.69. The molecule has 1 amide bonds. The van der Waals surface area contributed by atoms with Crippen molar-refractivity contribution in [2.24, 2.45) is 23.7 Å². The molecule has 27 heavy (non-hydrogen) atoms. The minimum absolute atomic E-state index is 0.0642. The van der Waals surface area contributed by atoms with E-state index in [4.69, 9.17) is 4.98 Å². The summed E-state index contributed by atoms with van der Waals surface area (Å²) in [6.45, 7) is 8.15. The minimum atomic E-state index is 0.0642. The average Bonchev–Trinajstić information content (AvgIpc) is 2.93. The Labute approximate surface area is 160 Å². The van der Waals surface area contributed by atoms with Crippen LogP contribution in [-0.2, 0) is 0 Å². The molecule has 5 nitrogen and oxygen atoms in total. The van der Waals surface area contributed by atoms with Crippen LogP contribution in [0.5, 0.6) is 0 Å². The van der Waals surface area contributed by atoms with Gasteiger partial charge in [0.15, 0.2) is 5.65 Å². The van der Waals surface area contributed by atoms with Crippen LogP contribution in [0.4, 0.5) is 0 Å². The highest BCUT2D eigenvalue weighted by Gasteiger charge is 2.48. The van der Waals surface area contributed by atoms with E-state index in [1.165, 1.54) is 32.1 Å². The Morgan fingerprint density at radius 3 is 2.33 bits per heavy atom. The van der Waals surface area contributed by atoms with Crippen LogP contribution in [0.25, 0.3) is 11.0 Å². The molecule has 0 aromatic carbocycles. The molecule has 6 rings (SSSR count). The van der Waals surface area contributed by atoms with Gasteiger partial charge in [-0.2, -0.15) is 5.10 Å². The maximum atomic E-state index is 13.4. The van der Waals surface area contributed by atoms with Crippen molar-refractivity contribution < 1.29 is 4.79 Å². The number of rotatable bonds is 3. The third-order valence-electron chi connectivity index (χ3n) is 7.22. The van der Waals surface area contributed by atoms with E-state index in [-0.39, 0.29) is 11.9 Å². The van der Waals surface area contributed by atoms with Crippen LogP contribution in [-0.4, -0.2) is 26.7 Å². The standard InChI is InChI=1S/C22H30N4O/c1-11(2)26-21-19(13(4)25-26)18(5-12(3)23-21)22(27)24-20-16-7-14-6-15(9-16)10-17(20)8-14/h5,11,14-17,20H,6-10H2,1-4H3,(H,24,27). The Morgan fingerprint density at radius 2 is 1.74 bits per heavy atom.